The molecule has 6 heteroatoms. The molecule has 0 spiro atoms. The van der Waals surface area contributed by atoms with E-state index in [0.717, 1.165) is 12.0 Å². The zero-order valence-corrected chi connectivity index (χ0v) is 12.6. The Bertz CT molecular complexity index is 562. The lowest BCUT2D eigenvalue weighted by atomic mass is 9.93. The minimum Gasteiger partial charge on any atom is -0.344 e. The van der Waals surface area contributed by atoms with E-state index in [1.807, 2.05) is 30.3 Å². The van der Waals surface area contributed by atoms with Crippen LogP contribution < -0.4 is 5.32 Å². The fourth-order valence-electron chi connectivity index (χ4n) is 2.82. The molecule has 1 heterocycles. The fourth-order valence-corrected chi connectivity index (χ4v) is 2.82. The smallest absolute Gasteiger partial charge is 0.246 e. The van der Waals surface area contributed by atoms with Crippen LogP contribution in [0.25, 0.3) is 0 Å². The average Bonchev–Trinajstić information content (AvgIpc) is 2.96. The van der Waals surface area contributed by atoms with Crippen molar-refractivity contribution in [3.63, 3.8) is 0 Å². The lowest BCUT2D eigenvalue weighted by molar-refractivity contribution is -0.139. The van der Waals surface area contributed by atoms with Crippen LogP contribution in [-0.4, -0.2) is 48.9 Å². The second kappa shape index (κ2) is 7.25. The first kappa shape index (κ1) is 16.3. The summed E-state index contributed by atoms with van der Waals surface area (Å²) in [6, 6.07) is 8.20. The summed E-state index contributed by atoms with van der Waals surface area (Å²) in [6.07, 6.45) is 1.72. The van der Waals surface area contributed by atoms with Gasteiger partial charge >= 0.3 is 0 Å². The van der Waals surface area contributed by atoms with Crippen LogP contribution in [0.1, 0.15) is 25.3 Å². The van der Waals surface area contributed by atoms with Gasteiger partial charge in [-0.05, 0) is 18.4 Å². The maximum Gasteiger partial charge on any atom is 0.246 e. The first-order valence-electron chi connectivity index (χ1n) is 7.40. The number of nitrogens with zero attached hydrogens (tertiary/aromatic N) is 1. The SMILES string of the molecule is [B]C(=O)[C@@H]1CCCN1C(=O)[C@@H](Cc1ccccc1)NC(C)=O. The average molecular weight is 298 g/mol. The van der Waals surface area contributed by atoms with Gasteiger partial charge in [0.05, 0.1) is 11.7 Å². The molecule has 0 bridgehead atoms. The van der Waals surface area contributed by atoms with E-state index in [9.17, 15) is 14.4 Å². The van der Waals surface area contributed by atoms with E-state index >= 15 is 0 Å². The molecule has 1 saturated heterocycles. The molecule has 1 fully saturated rings. The maximum atomic E-state index is 12.7. The molecule has 2 rings (SSSR count). The zero-order valence-electron chi connectivity index (χ0n) is 12.6. The highest BCUT2D eigenvalue weighted by atomic mass is 16.2. The molecule has 1 aliphatic heterocycles. The number of rotatable bonds is 5. The van der Waals surface area contributed by atoms with Crippen molar-refractivity contribution >= 4 is 25.3 Å². The van der Waals surface area contributed by atoms with Crippen LogP contribution in [0, 0.1) is 0 Å². The number of amides is 2. The van der Waals surface area contributed by atoms with Crippen molar-refractivity contribution in [3.8, 4) is 0 Å². The van der Waals surface area contributed by atoms with E-state index in [-0.39, 0.29) is 11.8 Å². The molecular weight excluding hydrogens is 279 g/mol. The standard InChI is InChI=1S/C16H19BN2O3/c1-11(20)18-13(10-12-6-3-2-4-7-12)16(22)19-9-5-8-14(19)15(17)21/h2-4,6-7,13-14H,5,8-10H2,1H3,(H,18,20)/t13-,14+/m1/s1. The maximum absolute atomic E-state index is 12.7. The van der Waals surface area contributed by atoms with Crippen molar-refractivity contribution < 1.29 is 14.4 Å². The molecule has 2 atom stereocenters. The van der Waals surface area contributed by atoms with E-state index in [0.29, 0.717) is 19.4 Å². The molecule has 1 aromatic rings. The van der Waals surface area contributed by atoms with Crippen molar-refractivity contribution in [3.05, 3.63) is 35.9 Å². The third kappa shape index (κ3) is 3.96. The molecule has 0 aliphatic carbocycles. The number of hydrogen-bond donors (Lipinski definition) is 1. The van der Waals surface area contributed by atoms with Gasteiger partial charge in [0, 0.05) is 19.9 Å². The highest BCUT2D eigenvalue weighted by Crippen LogP contribution is 2.19. The van der Waals surface area contributed by atoms with Crippen LogP contribution in [0.4, 0.5) is 0 Å². The third-order valence-electron chi connectivity index (χ3n) is 3.82. The molecule has 1 aromatic carbocycles. The summed E-state index contributed by atoms with van der Waals surface area (Å²) in [6.45, 7) is 1.87. The van der Waals surface area contributed by atoms with Gasteiger partial charge in [0.1, 0.15) is 6.04 Å². The van der Waals surface area contributed by atoms with Crippen molar-refractivity contribution in [1.29, 1.82) is 0 Å². The van der Waals surface area contributed by atoms with E-state index < -0.39 is 17.8 Å². The second-order valence-corrected chi connectivity index (χ2v) is 5.53. The highest BCUT2D eigenvalue weighted by Gasteiger charge is 2.35. The minimum absolute atomic E-state index is 0.250. The lowest BCUT2D eigenvalue weighted by Crippen LogP contribution is -2.52. The Balaban J connectivity index is 2.15. The van der Waals surface area contributed by atoms with E-state index in [2.05, 4.69) is 5.32 Å². The van der Waals surface area contributed by atoms with Crippen LogP contribution in [-0.2, 0) is 20.8 Å². The molecule has 0 saturated carbocycles. The van der Waals surface area contributed by atoms with E-state index in [4.69, 9.17) is 7.85 Å². The van der Waals surface area contributed by atoms with Gasteiger partial charge in [0.2, 0.25) is 11.8 Å². The van der Waals surface area contributed by atoms with Gasteiger partial charge in [0.25, 0.3) is 0 Å². The number of nitrogens with one attached hydrogen (secondary N) is 1. The van der Waals surface area contributed by atoms with Crippen LogP contribution >= 0.6 is 0 Å². The summed E-state index contributed by atoms with van der Waals surface area (Å²) < 4.78 is 0. The van der Waals surface area contributed by atoms with Gasteiger partial charge in [-0.15, -0.1) is 0 Å². The van der Waals surface area contributed by atoms with Crippen LogP contribution in [0.3, 0.4) is 0 Å². The topological polar surface area (TPSA) is 66.5 Å². The Hall–Kier alpha value is -2.11. The van der Waals surface area contributed by atoms with Gasteiger partial charge in [-0.1, -0.05) is 30.3 Å². The van der Waals surface area contributed by atoms with Crippen LogP contribution in [0.2, 0.25) is 0 Å². The fraction of sp³-hybridized carbons (Fsp3) is 0.438. The largest absolute Gasteiger partial charge is 0.344 e. The highest BCUT2D eigenvalue weighted by molar-refractivity contribution is 6.59. The van der Waals surface area contributed by atoms with Crippen molar-refractivity contribution in [2.75, 3.05) is 6.54 Å². The molecule has 22 heavy (non-hydrogen) atoms. The Labute approximate surface area is 131 Å². The predicted octanol–water partition coefficient (Wildman–Crippen LogP) is 0.420. The molecule has 114 valence electrons. The molecule has 0 unspecified atom stereocenters. The molecule has 2 amide bonds. The summed E-state index contributed by atoms with van der Waals surface area (Å²) in [4.78, 5) is 37.1. The summed E-state index contributed by atoms with van der Waals surface area (Å²) in [7, 11) is 5.36. The normalized spacial score (nSPS) is 18.8. The Morgan fingerprint density at radius 3 is 2.59 bits per heavy atom. The quantitative estimate of drug-likeness (QED) is 0.801. The van der Waals surface area contributed by atoms with E-state index in [1.54, 1.807) is 0 Å². The van der Waals surface area contributed by atoms with Crippen molar-refractivity contribution in [2.24, 2.45) is 0 Å². The van der Waals surface area contributed by atoms with Crippen molar-refractivity contribution in [2.45, 2.75) is 38.3 Å². The minimum atomic E-state index is -0.681. The van der Waals surface area contributed by atoms with Crippen molar-refractivity contribution in [1.82, 2.24) is 10.2 Å². The summed E-state index contributed by atoms with van der Waals surface area (Å²) >= 11 is 0. The summed E-state index contributed by atoms with van der Waals surface area (Å²) in [5.41, 5.74) is 0.455. The number of likely N-dealkylation sites (tertiary alicyclic amines) is 1. The Kier molecular flexibility index (Phi) is 5.36. The molecule has 2 radical (unpaired) electrons. The van der Waals surface area contributed by atoms with E-state index in [1.165, 1.54) is 11.8 Å². The van der Waals surface area contributed by atoms with Gasteiger partial charge in [-0.2, -0.15) is 0 Å². The molecule has 5 nitrogen and oxygen atoms in total. The predicted molar refractivity (Wildman–Crippen MR) is 83.2 cm³/mol. The summed E-state index contributed by atoms with van der Waals surface area (Å²) in [5.74, 6) is -0.524. The number of carbonyl (C=O) groups is 3. The molecular formula is C16H19BN2O3. The molecule has 0 aromatic heterocycles. The van der Waals surface area contributed by atoms with Gasteiger partial charge in [-0.3, -0.25) is 9.59 Å². The van der Waals surface area contributed by atoms with Gasteiger partial charge in [0.15, 0.2) is 7.85 Å². The summed E-state index contributed by atoms with van der Waals surface area (Å²) in [5, 5.41) is 2.68. The Morgan fingerprint density at radius 2 is 2.00 bits per heavy atom. The molecule has 1 aliphatic rings. The lowest BCUT2D eigenvalue weighted by Gasteiger charge is -2.28. The first-order valence-corrected chi connectivity index (χ1v) is 7.40. The Morgan fingerprint density at radius 1 is 1.32 bits per heavy atom. The van der Waals surface area contributed by atoms with Crippen LogP contribution in [0.5, 0.6) is 0 Å². The van der Waals surface area contributed by atoms with Gasteiger partial charge in [-0.25, -0.2) is 0 Å². The van der Waals surface area contributed by atoms with Gasteiger partial charge < -0.3 is 15.0 Å². The van der Waals surface area contributed by atoms with Crippen LogP contribution in [0.15, 0.2) is 30.3 Å². The molecule has 1 N–H and O–H groups in total. The number of hydrogen-bond acceptors (Lipinski definition) is 3. The number of carbonyl (C=O) groups excluding carboxylic acids is 3. The zero-order chi connectivity index (χ0) is 16.1. The number of benzene rings is 1. The second-order valence-electron chi connectivity index (χ2n) is 5.53. The first-order chi connectivity index (χ1) is 10.5. The monoisotopic (exact) mass is 298 g/mol. The third-order valence-corrected chi connectivity index (χ3v) is 3.82.